The van der Waals surface area contributed by atoms with E-state index in [9.17, 15) is 0 Å². The Morgan fingerprint density at radius 2 is 2.15 bits per heavy atom. The van der Waals surface area contributed by atoms with Crippen molar-refractivity contribution in [2.75, 3.05) is 0 Å². The Hall–Kier alpha value is -1.57. The van der Waals surface area contributed by atoms with Crippen LogP contribution >= 0.6 is 0 Å². The van der Waals surface area contributed by atoms with E-state index in [1.807, 2.05) is 0 Å². The van der Waals surface area contributed by atoms with Crippen LogP contribution in [0.25, 0.3) is 11.4 Å². The lowest BCUT2D eigenvalue weighted by Gasteiger charge is -2.01. The number of aryl methyl sites for hydroxylation is 2. The van der Waals surface area contributed by atoms with Crippen molar-refractivity contribution in [2.45, 2.75) is 6.85 Å². The molecule has 0 saturated carbocycles. The fourth-order valence-electron chi connectivity index (χ4n) is 1.14. The molecule has 0 N–H and O–H groups in total. The third-order valence-corrected chi connectivity index (χ3v) is 1.78. The predicted octanol–water partition coefficient (Wildman–Crippen LogP) is 2.40. The third-order valence-electron chi connectivity index (χ3n) is 1.78. The smallest absolute Gasteiger partial charge is 0.139 e. The van der Waals surface area contributed by atoms with Crippen molar-refractivity contribution in [1.82, 2.24) is 9.55 Å². The molecule has 0 aliphatic carbocycles. The third kappa shape index (κ3) is 1.47. The number of hydrogen-bond acceptors (Lipinski definition) is 1. The van der Waals surface area contributed by atoms with Gasteiger partial charge in [0.2, 0.25) is 0 Å². The van der Waals surface area contributed by atoms with Gasteiger partial charge in [-0.1, -0.05) is 29.8 Å². The molecular formula is C11H12N2. The van der Waals surface area contributed by atoms with E-state index < -0.39 is 13.8 Å². The largest absolute Gasteiger partial charge is 0.334 e. The number of rotatable bonds is 1. The van der Waals surface area contributed by atoms with Crippen LogP contribution < -0.4 is 0 Å². The Labute approximate surface area is 86.3 Å². The Balaban J connectivity index is 2.42. The summed E-state index contributed by atoms with van der Waals surface area (Å²) in [6.45, 7) is -4.48. The first-order valence-corrected chi connectivity index (χ1v) is 3.84. The highest BCUT2D eigenvalue weighted by atomic mass is 15.0. The average molecular weight is 178 g/mol. The lowest BCUT2D eigenvalue weighted by molar-refractivity contribution is 0.925. The molecule has 2 heteroatoms. The van der Waals surface area contributed by atoms with E-state index >= 15 is 0 Å². The molecule has 0 aliphatic rings. The SMILES string of the molecule is [2H]C([2H])([2H])c1ccc(-c2nccn2C([2H])([2H])[2H])cc1. The van der Waals surface area contributed by atoms with Gasteiger partial charge in [-0.25, -0.2) is 4.98 Å². The molecule has 2 nitrogen and oxygen atoms in total. The average Bonchev–Trinajstić information content (AvgIpc) is 2.76. The van der Waals surface area contributed by atoms with E-state index in [4.69, 9.17) is 8.22 Å². The zero-order valence-electron chi connectivity index (χ0n) is 12.9. The molecule has 0 spiro atoms. The standard InChI is InChI=1S/C11H12N2/c1-9-3-5-10(6-4-9)11-12-7-8-13(11)2/h3-8H,1-2H3/i1D3,2D3. The normalized spacial score (nSPS) is 19.1. The molecular weight excluding hydrogens is 160 g/mol. The van der Waals surface area contributed by atoms with Gasteiger partial charge in [0.05, 0.1) is 0 Å². The van der Waals surface area contributed by atoms with E-state index in [1.165, 1.54) is 24.5 Å². The van der Waals surface area contributed by atoms with E-state index in [2.05, 4.69) is 4.98 Å². The molecule has 1 aromatic carbocycles. The number of nitrogens with zero attached hydrogens (tertiary/aromatic N) is 2. The van der Waals surface area contributed by atoms with Crippen LogP contribution in [0, 0.1) is 6.85 Å². The molecule has 0 saturated heterocycles. The predicted molar refractivity (Wildman–Crippen MR) is 53.4 cm³/mol. The van der Waals surface area contributed by atoms with Crippen molar-refractivity contribution in [3.63, 3.8) is 0 Å². The minimum absolute atomic E-state index is 0.211. The monoisotopic (exact) mass is 178 g/mol. The van der Waals surface area contributed by atoms with Gasteiger partial charge in [-0.3, -0.25) is 0 Å². The van der Waals surface area contributed by atoms with Crippen molar-refractivity contribution in [2.24, 2.45) is 6.98 Å². The van der Waals surface area contributed by atoms with Crippen LogP contribution in [0.3, 0.4) is 0 Å². The van der Waals surface area contributed by atoms with Crippen molar-refractivity contribution >= 4 is 0 Å². The van der Waals surface area contributed by atoms with Crippen LogP contribution in [0.15, 0.2) is 36.7 Å². The molecule has 0 atom stereocenters. The maximum atomic E-state index is 7.39. The summed E-state index contributed by atoms with van der Waals surface area (Å²) in [6.07, 6.45) is 2.78. The molecule has 0 unspecified atom stereocenters. The van der Waals surface area contributed by atoms with Gasteiger partial charge in [0.1, 0.15) is 5.82 Å². The highest BCUT2D eigenvalue weighted by Crippen LogP contribution is 2.16. The maximum absolute atomic E-state index is 7.39. The van der Waals surface area contributed by atoms with Gasteiger partial charge in [0.15, 0.2) is 0 Å². The van der Waals surface area contributed by atoms with Gasteiger partial charge < -0.3 is 4.57 Å². The highest BCUT2D eigenvalue weighted by molar-refractivity contribution is 5.55. The zero-order chi connectivity index (χ0) is 14.3. The summed E-state index contributed by atoms with van der Waals surface area (Å²) >= 11 is 0. The Kier molecular flexibility index (Phi) is 0.860. The highest BCUT2D eigenvalue weighted by Gasteiger charge is 2.00. The van der Waals surface area contributed by atoms with E-state index in [0.717, 1.165) is 4.57 Å². The number of hydrogen-bond donors (Lipinski definition) is 0. The summed E-state index contributed by atoms with van der Waals surface area (Å²) in [5, 5.41) is 0. The molecule has 1 heterocycles. The minimum atomic E-state index is -2.31. The fourth-order valence-corrected chi connectivity index (χ4v) is 1.14. The van der Waals surface area contributed by atoms with Crippen LogP contribution in [-0.4, -0.2) is 9.55 Å². The van der Waals surface area contributed by atoms with E-state index in [1.54, 1.807) is 12.1 Å². The molecule has 0 radical (unpaired) electrons. The van der Waals surface area contributed by atoms with Crippen LogP contribution in [0.2, 0.25) is 0 Å². The Morgan fingerprint density at radius 3 is 2.85 bits per heavy atom. The molecule has 2 aromatic rings. The number of imidazole rings is 1. The Bertz CT molecular complexity index is 564. The number of aromatic nitrogens is 2. The second-order valence-electron chi connectivity index (χ2n) is 2.70. The van der Waals surface area contributed by atoms with Gasteiger partial charge in [0.25, 0.3) is 0 Å². The first-order chi connectivity index (χ1) is 8.69. The van der Waals surface area contributed by atoms with E-state index in [0.29, 0.717) is 5.56 Å². The lowest BCUT2D eigenvalue weighted by Crippen LogP contribution is -1.90. The molecule has 0 aliphatic heterocycles. The second-order valence-corrected chi connectivity index (χ2v) is 2.70. The molecule has 2 rings (SSSR count). The first kappa shape index (κ1) is 3.66. The molecule has 0 bridgehead atoms. The fraction of sp³-hybridized carbons (Fsp3) is 0.182. The van der Waals surface area contributed by atoms with Gasteiger partial charge in [-0.2, -0.15) is 0 Å². The zero-order valence-corrected chi connectivity index (χ0v) is 6.86. The van der Waals surface area contributed by atoms with E-state index in [-0.39, 0.29) is 11.4 Å². The minimum Gasteiger partial charge on any atom is -0.334 e. The summed E-state index contributed by atoms with van der Waals surface area (Å²) in [6, 6.07) is 6.04. The summed E-state index contributed by atoms with van der Waals surface area (Å²) in [4.78, 5) is 4.01. The topological polar surface area (TPSA) is 17.8 Å². The molecule has 13 heavy (non-hydrogen) atoms. The van der Waals surface area contributed by atoms with Crippen molar-refractivity contribution in [3.8, 4) is 11.4 Å². The summed E-state index contributed by atoms with van der Waals surface area (Å²) in [5.74, 6) is 0.289. The quantitative estimate of drug-likeness (QED) is 0.655. The van der Waals surface area contributed by atoms with Crippen molar-refractivity contribution in [1.29, 1.82) is 0 Å². The number of benzene rings is 1. The second kappa shape index (κ2) is 3.05. The van der Waals surface area contributed by atoms with Crippen LogP contribution in [0.1, 0.15) is 13.8 Å². The molecule has 66 valence electrons. The van der Waals surface area contributed by atoms with Gasteiger partial charge >= 0.3 is 0 Å². The maximum Gasteiger partial charge on any atom is 0.139 e. The van der Waals surface area contributed by atoms with Gasteiger partial charge in [-0.05, 0) is 6.85 Å². The Morgan fingerprint density at radius 1 is 1.31 bits per heavy atom. The van der Waals surface area contributed by atoms with Crippen molar-refractivity contribution in [3.05, 3.63) is 42.2 Å². The van der Waals surface area contributed by atoms with Gasteiger partial charge in [0, 0.05) is 33.2 Å². The molecule has 1 aromatic heterocycles. The van der Waals surface area contributed by atoms with Crippen molar-refractivity contribution < 1.29 is 8.22 Å². The van der Waals surface area contributed by atoms with Crippen LogP contribution in [0.4, 0.5) is 0 Å². The van der Waals surface area contributed by atoms with Crippen LogP contribution in [0.5, 0.6) is 0 Å². The first-order valence-electron chi connectivity index (χ1n) is 6.84. The van der Waals surface area contributed by atoms with Crippen LogP contribution in [-0.2, 0) is 6.98 Å². The molecule has 0 fully saturated rings. The lowest BCUT2D eigenvalue weighted by atomic mass is 10.1. The van der Waals surface area contributed by atoms with Gasteiger partial charge in [-0.15, -0.1) is 0 Å². The molecule has 0 amide bonds. The summed E-state index contributed by atoms with van der Waals surface area (Å²) < 4.78 is 45.1. The summed E-state index contributed by atoms with van der Waals surface area (Å²) in [7, 11) is 0. The summed E-state index contributed by atoms with van der Waals surface area (Å²) in [5.41, 5.74) is 0.775.